The molecule has 0 radical (unpaired) electrons. The van der Waals surface area contributed by atoms with E-state index in [1.807, 2.05) is 0 Å². The number of anilines is 1. The van der Waals surface area contributed by atoms with E-state index in [1.54, 1.807) is 66.3 Å². The first-order chi connectivity index (χ1) is 17.4. The Labute approximate surface area is 212 Å². The topological polar surface area (TPSA) is 131 Å². The van der Waals surface area contributed by atoms with Crippen LogP contribution in [-0.2, 0) is 4.79 Å². The van der Waals surface area contributed by atoms with E-state index in [0.717, 1.165) is 0 Å². The third-order valence-corrected chi connectivity index (χ3v) is 5.70. The molecule has 1 atom stereocenters. The van der Waals surface area contributed by atoms with Crippen molar-refractivity contribution in [1.29, 1.82) is 0 Å². The Morgan fingerprint density at radius 1 is 1.19 bits per heavy atom. The van der Waals surface area contributed by atoms with Crippen LogP contribution in [0, 0.1) is 0 Å². The van der Waals surface area contributed by atoms with Crippen LogP contribution in [0.4, 0.5) is 5.82 Å². The number of imidazole rings is 1. The van der Waals surface area contributed by atoms with Crippen LogP contribution in [0.3, 0.4) is 0 Å². The highest BCUT2D eigenvalue weighted by atomic mass is 35.5. The fourth-order valence-corrected chi connectivity index (χ4v) is 3.64. The Morgan fingerprint density at radius 3 is 2.69 bits per heavy atom. The Hall–Kier alpha value is -4.02. The molecule has 11 heteroatoms. The second kappa shape index (κ2) is 11.1. The number of carbonyl (C=O) groups is 2. The first-order valence-corrected chi connectivity index (χ1v) is 11.7. The summed E-state index contributed by atoms with van der Waals surface area (Å²) in [6, 6.07) is 12.1. The molecule has 0 saturated heterocycles. The van der Waals surface area contributed by atoms with Gasteiger partial charge < -0.3 is 20.5 Å². The predicted molar refractivity (Wildman–Crippen MR) is 135 cm³/mol. The van der Waals surface area contributed by atoms with Gasteiger partial charge in [-0.1, -0.05) is 30.7 Å². The van der Waals surface area contributed by atoms with Crippen LogP contribution in [0.2, 0.25) is 5.02 Å². The van der Waals surface area contributed by atoms with E-state index in [2.05, 4.69) is 25.7 Å². The highest BCUT2D eigenvalue weighted by Crippen LogP contribution is 2.24. The fraction of sp³-hybridized carbons (Fsp3) is 0.240. The lowest BCUT2D eigenvalue weighted by Gasteiger charge is -2.13. The zero-order chi connectivity index (χ0) is 25.7. The molecule has 0 aliphatic carbocycles. The molecule has 4 aromatic rings. The summed E-state index contributed by atoms with van der Waals surface area (Å²) >= 11 is 5.89. The number of fused-ring (bicyclic) bond motifs is 1. The van der Waals surface area contributed by atoms with Gasteiger partial charge in [0.25, 0.3) is 5.91 Å². The van der Waals surface area contributed by atoms with Gasteiger partial charge in [0, 0.05) is 29.7 Å². The van der Waals surface area contributed by atoms with Gasteiger partial charge in [-0.15, -0.1) is 0 Å². The zero-order valence-electron chi connectivity index (χ0n) is 19.7. The van der Waals surface area contributed by atoms with Crippen molar-refractivity contribution in [2.45, 2.75) is 25.9 Å². The number of pyridine rings is 1. The number of methoxy groups -OCH3 is 1. The van der Waals surface area contributed by atoms with E-state index in [0.29, 0.717) is 46.2 Å². The second-order valence-electron chi connectivity index (χ2n) is 7.94. The van der Waals surface area contributed by atoms with Crippen LogP contribution in [0.15, 0.2) is 54.9 Å². The highest BCUT2D eigenvalue weighted by molar-refractivity contribution is 6.30. The van der Waals surface area contributed by atoms with Crippen molar-refractivity contribution >= 4 is 34.9 Å². The lowest BCUT2D eigenvalue weighted by molar-refractivity contribution is -0.115. The molecule has 36 heavy (non-hydrogen) atoms. The van der Waals surface area contributed by atoms with Gasteiger partial charge in [-0.3, -0.25) is 9.59 Å². The summed E-state index contributed by atoms with van der Waals surface area (Å²) in [5.74, 6) is 0.0371. The highest BCUT2D eigenvalue weighted by Gasteiger charge is 2.17. The first-order valence-electron chi connectivity index (χ1n) is 11.3. The summed E-state index contributed by atoms with van der Waals surface area (Å²) < 4.78 is 6.82. The van der Waals surface area contributed by atoms with Gasteiger partial charge in [0.05, 0.1) is 25.1 Å². The number of ether oxygens (including phenoxy) is 1. The number of aliphatic hydroxyl groups excluding tert-OH is 1. The van der Waals surface area contributed by atoms with Crippen LogP contribution in [-0.4, -0.2) is 50.2 Å². The maximum atomic E-state index is 12.9. The molecule has 2 amide bonds. The molecule has 0 fully saturated rings. The predicted octanol–water partition coefficient (Wildman–Crippen LogP) is 3.66. The summed E-state index contributed by atoms with van der Waals surface area (Å²) in [5.41, 5.74) is 2.66. The maximum absolute atomic E-state index is 12.9. The van der Waals surface area contributed by atoms with E-state index in [-0.39, 0.29) is 23.9 Å². The Morgan fingerprint density at radius 2 is 1.97 bits per heavy atom. The summed E-state index contributed by atoms with van der Waals surface area (Å²) in [4.78, 5) is 33.1. The minimum Gasteiger partial charge on any atom is -0.480 e. The molecule has 0 saturated carbocycles. The molecule has 3 aromatic heterocycles. The maximum Gasteiger partial charge on any atom is 0.256 e. The number of amides is 2. The molecule has 3 N–H and O–H groups in total. The number of hydrogen-bond acceptors (Lipinski definition) is 7. The number of benzene rings is 1. The summed E-state index contributed by atoms with van der Waals surface area (Å²) in [6.45, 7) is 2.00. The third kappa shape index (κ3) is 5.78. The van der Waals surface area contributed by atoms with Gasteiger partial charge in [0.2, 0.25) is 11.8 Å². The molecule has 1 aromatic carbocycles. The number of rotatable bonds is 9. The van der Waals surface area contributed by atoms with E-state index in [4.69, 9.17) is 16.3 Å². The molecular formula is C25H25ClN6O4. The van der Waals surface area contributed by atoms with E-state index in [1.165, 1.54) is 7.11 Å². The number of nitrogens with zero attached hydrogens (tertiary/aromatic N) is 4. The van der Waals surface area contributed by atoms with Gasteiger partial charge >= 0.3 is 0 Å². The Balaban J connectivity index is 1.49. The number of hydrogen-bond donors (Lipinski definition) is 3. The van der Waals surface area contributed by atoms with Gasteiger partial charge in [0.15, 0.2) is 11.5 Å². The van der Waals surface area contributed by atoms with E-state index >= 15 is 0 Å². The molecule has 10 nitrogen and oxygen atoms in total. The number of aliphatic hydroxyl groups is 1. The van der Waals surface area contributed by atoms with E-state index in [9.17, 15) is 14.7 Å². The van der Waals surface area contributed by atoms with Crippen LogP contribution >= 0.6 is 11.6 Å². The largest absolute Gasteiger partial charge is 0.480 e. The first kappa shape index (κ1) is 25.1. The molecule has 0 aliphatic rings. The van der Waals surface area contributed by atoms with Crippen molar-refractivity contribution in [1.82, 2.24) is 24.9 Å². The SMILES string of the molecule is CCC(=O)Nc1cn2nc(-c3cnc(OC)c(C(=O)NCCC(O)c4ccc(Cl)cc4)c3)ccc2n1. The Bertz CT molecular complexity index is 1390. The molecule has 0 bridgehead atoms. The monoisotopic (exact) mass is 508 g/mol. The number of aromatic nitrogens is 4. The van der Waals surface area contributed by atoms with E-state index < -0.39 is 12.0 Å². The lowest BCUT2D eigenvalue weighted by Crippen LogP contribution is -2.26. The van der Waals surface area contributed by atoms with Crippen molar-refractivity contribution in [2.75, 3.05) is 19.0 Å². The van der Waals surface area contributed by atoms with Crippen molar-refractivity contribution in [2.24, 2.45) is 0 Å². The lowest BCUT2D eigenvalue weighted by atomic mass is 10.1. The number of nitrogens with one attached hydrogen (secondary N) is 2. The number of carbonyl (C=O) groups excluding carboxylic acids is 2. The van der Waals surface area contributed by atoms with Crippen molar-refractivity contribution in [3.63, 3.8) is 0 Å². The normalized spacial score (nSPS) is 11.8. The summed E-state index contributed by atoms with van der Waals surface area (Å²) in [7, 11) is 1.44. The molecule has 0 spiro atoms. The second-order valence-corrected chi connectivity index (χ2v) is 8.38. The molecule has 3 heterocycles. The molecule has 1 unspecified atom stereocenters. The number of halogens is 1. The Kier molecular flexibility index (Phi) is 7.77. The van der Waals surface area contributed by atoms with Crippen LogP contribution in [0.5, 0.6) is 5.88 Å². The molecule has 186 valence electrons. The minimum absolute atomic E-state index is 0.144. The molecule has 0 aliphatic heterocycles. The quantitative estimate of drug-likeness (QED) is 0.314. The van der Waals surface area contributed by atoms with Crippen molar-refractivity contribution in [3.8, 4) is 17.1 Å². The van der Waals surface area contributed by atoms with Gasteiger partial charge in [0.1, 0.15) is 5.56 Å². The standard InChI is InChI=1S/C25H25ClN6O4/c1-3-23(34)30-21-14-32-22(29-21)9-8-19(31-32)16-12-18(25(36-2)28-13-16)24(35)27-11-10-20(33)15-4-6-17(26)7-5-15/h4-9,12-14,20,33H,3,10-11H2,1-2H3,(H,27,35)(H,30,34). The van der Waals surface area contributed by atoms with Crippen LogP contribution < -0.4 is 15.4 Å². The van der Waals surface area contributed by atoms with Gasteiger partial charge in [-0.2, -0.15) is 5.10 Å². The average molecular weight is 509 g/mol. The zero-order valence-corrected chi connectivity index (χ0v) is 20.5. The average Bonchev–Trinajstić information content (AvgIpc) is 3.29. The molecule has 4 rings (SSSR count). The third-order valence-electron chi connectivity index (χ3n) is 5.45. The van der Waals surface area contributed by atoms with Crippen molar-refractivity contribution < 1.29 is 19.4 Å². The summed E-state index contributed by atoms with van der Waals surface area (Å²) in [6.07, 6.45) is 3.09. The smallest absolute Gasteiger partial charge is 0.256 e. The van der Waals surface area contributed by atoms with Gasteiger partial charge in [-0.25, -0.2) is 14.5 Å². The van der Waals surface area contributed by atoms with Gasteiger partial charge in [-0.05, 0) is 42.3 Å². The summed E-state index contributed by atoms with van der Waals surface area (Å²) in [5, 5.41) is 21.0. The minimum atomic E-state index is -0.743. The van der Waals surface area contributed by atoms with Crippen LogP contribution in [0.25, 0.3) is 16.9 Å². The molecular weight excluding hydrogens is 484 g/mol. The van der Waals surface area contributed by atoms with Crippen LogP contribution in [0.1, 0.15) is 41.8 Å². The fourth-order valence-electron chi connectivity index (χ4n) is 3.51. The van der Waals surface area contributed by atoms with Crippen molar-refractivity contribution in [3.05, 3.63) is 71.0 Å².